The maximum atomic E-state index is 11.0. The molecule has 0 bridgehead atoms. The van der Waals surface area contributed by atoms with Crippen LogP contribution in [0.5, 0.6) is 0 Å². The number of unbranched alkanes of at least 4 members (excludes halogenated alkanes) is 4. The summed E-state index contributed by atoms with van der Waals surface area (Å²) in [5.74, 6) is -0.728. The second-order valence-corrected chi connectivity index (χ2v) is 8.01. The van der Waals surface area contributed by atoms with Crippen LogP contribution < -0.4 is 0 Å². The van der Waals surface area contributed by atoms with Gasteiger partial charge in [-0.15, -0.1) is 0 Å². The largest absolute Gasteiger partial charge is 0.481 e. The summed E-state index contributed by atoms with van der Waals surface area (Å²) in [6.07, 6.45) is 9.47. The van der Waals surface area contributed by atoms with Gasteiger partial charge in [0.05, 0.1) is 17.1 Å². The Morgan fingerprint density at radius 2 is 1.39 bits per heavy atom. The molecule has 0 aliphatic carbocycles. The molecule has 4 nitrogen and oxygen atoms in total. The molecule has 1 unspecified atom stereocenters. The van der Waals surface area contributed by atoms with Crippen LogP contribution in [-0.2, 0) is 9.53 Å². The summed E-state index contributed by atoms with van der Waals surface area (Å²) < 4.78 is 5.39. The highest BCUT2D eigenvalue weighted by Gasteiger charge is 2.25. The van der Waals surface area contributed by atoms with E-state index in [9.17, 15) is 9.90 Å². The lowest BCUT2D eigenvalue weighted by Crippen LogP contribution is -2.23. The van der Waals surface area contributed by atoms with E-state index in [0.717, 1.165) is 57.8 Å². The number of ether oxygens (including phenoxy) is 1. The molecule has 0 saturated heterocycles. The Morgan fingerprint density at radius 1 is 0.913 bits per heavy atom. The van der Waals surface area contributed by atoms with Crippen LogP contribution in [0.2, 0.25) is 0 Å². The first kappa shape index (κ1) is 22.4. The summed E-state index contributed by atoms with van der Waals surface area (Å²) in [4.78, 5) is 11.0. The lowest BCUT2D eigenvalue weighted by atomic mass is 9.87. The van der Waals surface area contributed by atoms with E-state index < -0.39 is 11.4 Å². The molecule has 0 saturated carbocycles. The molecule has 2 N–H and O–H groups in total. The molecule has 0 amide bonds. The van der Waals surface area contributed by atoms with Crippen LogP contribution in [-0.4, -0.2) is 35.0 Å². The predicted octanol–water partition coefficient (Wildman–Crippen LogP) is 4.78. The van der Waals surface area contributed by atoms with Gasteiger partial charge in [-0.05, 0) is 53.4 Å². The Bertz CT molecular complexity index is 323. The van der Waals surface area contributed by atoms with Crippen LogP contribution in [0, 0.1) is 5.41 Å². The summed E-state index contributed by atoms with van der Waals surface area (Å²) in [6, 6.07) is 0. The lowest BCUT2D eigenvalue weighted by Gasteiger charge is -2.22. The number of hydrogen-bond acceptors (Lipinski definition) is 3. The summed E-state index contributed by atoms with van der Waals surface area (Å²) in [7, 11) is 1.75. The number of carboxylic acid groups (broad SMARTS) is 1. The Balaban J connectivity index is 3.55. The standard InChI is InChI=1S/C19H38O4/c1-18(2,17(21)22)14-10-6-8-12-16(20)13-9-7-11-15-19(3,4)23-5/h16,20H,6-15H2,1-5H3,(H,21,22). The number of methoxy groups -OCH3 is 1. The van der Waals surface area contributed by atoms with Crippen molar-refractivity contribution in [3.63, 3.8) is 0 Å². The highest BCUT2D eigenvalue weighted by atomic mass is 16.5. The smallest absolute Gasteiger partial charge is 0.309 e. The van der Waals surface area contributed by atoms with Crippen molar-refractivity contribution in [2.24, 2.45) is 5.41 Å². The van der Waals surface area contributed by atoms with Crippen molar-refractivity contribution in [2.75, 3.05) is 7.11 Å². The van der Waals surface area contributed by atoms with Crippen molar-refractivity contribution in [3.8, 4) is 0 Å². The minimum atomic E-state index is -0.728. The molecule has 138 valence electrons. The molecule has 0 heterocycles. The summed E-state index contributed by atoms with van der Waals surface area (Å²) in [6.45, 7) is 7.76. The van der Waals surface area contributed by atoms with Crippen LogP contribution in [0.1, 0.15) is 91.9 Å². The number of carboxylic acids is 1. The molecule has 0 radical (unpaired) electrons. The van der Waals surface area contributed by atoms with E-state index in [1.165, 1.54) is 0 Å². The Labute approximate surface area is 142 Å². The SMILES string of the molecule is COC(C)(C)CCCCCC(O)CCCCCC(C)(C)C(=O)O. The molecule has 0 rings (SSSR count). The average Bonchev–Trinajstić information content (AvgIpc) is 2.46. The summed E-state index contributed by atoms with van der Waals surface area (Å²) in [5, 5.41) is 19.0. The first-order chi connectivity index (χ1) is 10.6. The van der Waals surface area contributed by atoms with Gasteiger partial charge >= 0.3 is 5.97 Å². The molecule has 0 aromatic carbocycles. The van der Waals surface area contributed by atoms with Gasteiger partial charge in [-0.1, -0.05) is 38.5 Å². The second-order valence-electron chi connectivity index (χ2n) is 8.01. The topological polar surface area (TPSA) is 66.8 Å². The van der Waals surface area contributed by atoms with Gasteiger partial charge in [0.25, 0.3) is 0 Å². The molecule has 1 atom stereocenters. The van der Waals surface area contributed by atoms with Gasteiger partial charge in [0.15, 0.2) is 0 Å². The van der Waals surface area contributed by atoms with Gasteiger partial charge in [0.1, 0.15) is 0 Å². The third kappa shape index (κ3) is 11.5. The van der Waals surface area contributed by atoms with Gasteiger partial charge in [-0.25, -0.2) is 0 Å². The molecular weight excluding hydrogens is 292 g/mol. The minimum absolute atomic E-state index is 0.0393. The van der Waals surface area contributed by atoms with Crippen molar-refractivity contribution < 1.29 is 19.7 Å². The number of carbonyl (C=O) groups is 1. The van der Waals surface area contributed by atoms with Crippen molar-refractivity contribution in [1.29, 1.82) is 0 Å². The van der Waals surface area contributed by atoms with Crippen molar-refractivity contribution in [2.45, 2.75) is 104 Å². The fourth-order valence-corrected chi connectivity index (χ4v) is 2.58. The van der Waals surface area contributed by atoms with E-state index in [-0.39, 0.29) is 11.7 Å². The van der Waals surface area contributed by atoms with E-state index in [1.54, 1.807) is 21.0 Å². The van der Waals surface area contributed by atoms with Gasteiger partial charge < -0.3 is 14.9 Å². The van der Waals surface area contributed by atoms with Crippen LogP contribution in [0.4, 0.5) is 0 Å². The number of aliphatic carboxylic acids is 1. The molecule has 0 spiro atoms. The molecule has 4 heteroatoms. The quantitative estimate of drug-likeness (QED) is 0.450. The molecule has 23 heavy (non-hydrogen) atoms. The lowest BCUT2D eigenvalue weighted by molar-refractivity contribution is -0.147. The molecule has 0 aromatic heterocycles. The van der Waals surface area contributed by atoms with E-state index in [0.29, 0.717) is 6.42 Å². The first-order valence-corrected chi connectivity index (χ1v) is 9.07. The molecule has 0 aliphatic heterocycles. The van der Waals surface area contributed by atoms with Crippen LogP contribution in [0.15, 0.2) is 0 Å². The Hall–Kier alpha value is -0.610. The van der Waals surface area contributed by atoms with Crippen LogP contribution in [0.25, 0.3) is 0 Å². The number of rotatable bonds is 14. The molecule has 0 aliphatic rings. The van der Waals surface area contributed by atoms with Gasteiger partial charge in [0, 0.05) is 7.11 Å². The fourth-order valence-electron chi connectivity index (χ4n) is 2.58. The maximum Gasteiger partial charge on any atom is 0.309 e. The first-order valence-electron chi connectivity index (χ1n) is 9.07. The molecule has 0 fully saturated rings. The highest BCUT2D eigenvalue weighted by molar-refractivity contribution is 5.73. The number of hydrogen-bond donors (Lipinski definition) is 2. The third-order valence-electron chi connectivity index (χ3n) is 4.79. The number of aliphatic hydroxyl groups excluding tert-OH is 1. The van der Waals surface area contributed by atoms with E-state index >= 15 is 0 Å². The minimum Gasteiger partial charge on any atom is -0.481 e. The fraction of sp³-hybridized carbons (Fsp3) is 0.947. The van der Waals surface area contributed by atoms with Crippen molar-refractivity contribution in [3.05, 3.63) is 0 Å². The number of aliphatic hydroxyl groups is 1. The zero-order chi connectivity index (χ0) is 17.9. The predicted molar refractivity (Wildman–Crippen MR) is 94.7 cm³/mol. The van der Waals surface area contributed by atoms with E-state index in [2.05, 4.69) is 13.8 Å². The third-order valence-corrected chi connectivity index (χ3v) is 4.79. The second kappa shape index (κ2) is 11.0. The normalized spacial score (nSPS) is 14.0. The van der Waals surface area contributed by atoms with E-state index in [4.69, 9.17) is 9.84 Å². The van der Waals surface area contributed by atoms with Crippen LogP contribution in [0.3, 0.4) is 0 Å². The molecule has 0 aromatic rings. The zero-order valence-electron chi connectivity index (χ0n) is 15.9. The van der Waals surface area contributed by atoms with Crippen molar-refractivity contribution >= 4 is 5.97 Å². The average molecular weight is 331 g/mol. The van der Waals surface area contributed by atoms with Gasteiger partial charge in [0.2, 0.25) is 0 Å². The monoisotopic (exact) mass is 330 g/mol. The summed E-state index contributed by atoms with van der Waals surface area (Å²) in [5.41, 5.74) is -0.670. The van der Waals surface area contributed by atoms with Gasteiger partial charge in [-0.2, -0.15) is 0 Å². The van der Waals surface area contributed by atoms with Gasteiger partial charge in [-0.3, -0.25) is 4.79 Å². The summed E-state index contributed by atoms with van der Waals surface area (Å²) >= 11 is 0. The Kier molecular flexibility index (Phi) is 10.7. The van der Waals surface area contributed by atoms with Crippen molar-refractivity contribution in [1.82, 2.24) is 0 Å². The van der Waals surface area contributed by atoms with Crippen LogP contribution >= 0.6 is 0 Å². The maximum absolute atomic E-state index is 11.0. The zero-order valence-corrected chi connectivity index (χ0v) is 15.9. The molecular formula is C19H38O4. The van der Waals surface area contributed by atoms with E-state index in [1.807, 2.05) is 0 Å². The highest BCUT2D eigenvalue weighted by Crippen LogP contribution is 2.24. The Morgan fingerprint density at radius 3 is 1.83 bits per heavy atom.